The molecule has 0 atom stereocenters. The van der Waals surface area contributed by atoms with Gasteiger partial charge in [0.15, 0.2) is 5.69 Å². The van der Waals surface area contributed by atoms with Crippen LogP contribution in [0, 0.1) is 11.3 Å². The minimum Gasteiger partial charge on any atom is -0.247 e. The van der Waals surface area contributed by atoms with Crippen molar-refractivity contribution < 1.29 is 13.2 Å². The Balaban J connectivity index is 2.30. The van der Waals surface area contributed by atoms with Crippen molar-refractivity contribution >= 4 is 15.9 Å². The summed E-state index contributed by atoms with van der Waals surface area (Å²) in [6.07, 6.45) is -3.03. The maximum Gasteiger partial charge on any atom is 0.416 e. The Hall–Kier alpha value is -1.88. The maximum atomic E-state index is 12.6. The van der Waals surface area contributed by atoms with Gasteiger partial charge in [0.05, 0.1) is 18.3 Å². The van der Waals surface area contributed by atoms with E-state index in [9.17, 15) is 13.2 Å². The van der Waals surface area contributed by atoms with Crippen molar-refractivity contribution in [2.45, 2.75) is 12.7 Å². The fraction of sp³-hybridized carbons (Fsp3) is 0.182. The van der Waals surface area contributed by atoms with Crippen molar-refractivity contribution in [3.63, 3.8) is 0 Å². The smallest absolute Gasteiger partial charge is 0.247 e. The standard InChI is InChI=1S/C11H6BrF3N4/c12-9-2-7(1-8(3-9)11(13,14)15)5-19-6-10(4-16)17-18-19/h1-3,6H,5H2. The van der Waals surface area contributed by atoms with Crippen molar-refractivity contribution in [2.75, 3.05) is 0 Å². The molecule has 0 saturated carbocycles. The first-order valence-electron chi connectivity index (χ1n) is 5.05. The molecule has 0 radical (unpaired) electrons. The summed E-state index contributed by atoms with van der Waals surface area (Å²) >= 11 is 3.04. The van der Waals surface area contributed by atoms with Crippen LogP contribution in [-0.4, -0.2) is 15.0 Å². The van der Waals surface area contributed by atoms with Crippen molar-refractivity contribution in [1.82, 2.24) is 15.0 Å². The fourth-order valence-electron chi connectivity index (χ4n) is 1.52. The second kappa shape index (κ2) is 5.01. The average Bonchev–Trinajstić information content (AvgIpc) is 2.75. The molecule has 0 amide bonds. The minimum atomic E-state index is -4.40. The highest BCUT2D eigenvalue weighted by atomic mass is 79.9. The van der Waals surface area contributed by atoms with Gasteiger partial charge in [0, 0.05) is 4.47 Å². The third-order valence-corrected chi connectivity index (χ3v) is 2.74. The van der Waals surface area contributed by atoms with Crippen LogP contribution >= 0.6 is 15.9 Å². The van der Waals surface area contributed by atoms with E-state index in [1.165, 1.54) is 10.9 Å². The van der Waals surface area contributed by atoms with E-state index in [2.05, 4.69) is 26.2 Å². The molecule has 0 unspecified atom stereocenters. The van der Waals surface area contributed by atoms with Crippen LogP contribution < -0.4 is 0 Å². The van der Waals surface area contributed by atoms with Gasteiger partial charge in [-0.05, 0) is 23.8 Å². The maximum absolute atomic E-state index is 12.6. The number of hydrogen-bond donors (Lipinski definition) is 0. The van der Waals surface area contributed by atoms with Crippen molar-refractivity contribution in [3.05, 3.63) is 45.7 Å². The van der Waals surface area contributed by atoms with Crippen LogP contribution in [-0.2, 0) is 12.7 Å². The largest absolute Gasteiger partial charge is 0.416 e. The summed E-state index contributed by atoms with van der Waals surface area (Å²) in [4.78, 5) is 0. The number of alkyl halides is 3. The van der Waals surface area contributed by atoms with Gasteiger partial charge in [-0.25, -0.2) is 4.68 Å². The lowest BCUT2D eigenvalue weighted by Gasteiger charge is -2.09. The van der Waals surface area contributed by atoms with Gasteiger partial charge in [0.2, 0.25) is 0 Å². The molecule has 2 aromatic rings. The van der Waals surface area contributed by atoms with E-state index in [1.54, 1.807) is 12.1 Å². The molecule has 8 heteroatoms. The molecule has 0 bridgehead atoms. The zero-order valence-electron chi connectivity index (χ0n) is 9.32. The Bertz CT molecular complexity index is 642. The number of rotatable bonds is 2. The molecule has 1 heterocycles. The molecule has 0 N–H and O–H groups in total. The van der Waals surface area contributed by atoms with Crippen LogP contribution in [0.1, 0.15) is 16.8 Å². The zero-order chi connectivity index (χ0) is 14.0. The van der Waals surface area contributed by atoms with Gasteiger partial charge in [0.25, 0.3) is 0 Å². The lowest BCUT2D eigenvalue weighted by Crippen LogP contribution is -2.07. The third kappa shape index (κ3) is 3.32. The molecule has 2 rings (SSSR count). The lowest BCUT2D eigenvalue weighted by molar-refractivity contribution is -0.137. The van der Waals surface area contributed by atoms with Gasteiger partial charge in [-0.3, -0.25) is 0 Å². The molecular formula is C11H6BrF3N4. The molecule has 0 aliphatic heterocycles. The number of nitrogens with zero attached hydrogens (tertiary/aromatic N) is 4. The molecule has 0 aliphatic rings. The Morgan fingerprint density at radius 3 is 2.63 bits per heavy atom. The van der Waals surface area contributed by atoms with Gasteiger partial charge >= 0.3 is 6.18 Å². The van der Waals surface area contributed by atoms with E-state index in [0.717, 1.165) is 12.1 Å². The van der Waals surface area contributed by atoms with E-state index >= 15 is 0 Å². The SMILES string of the molecule is N#Cc1cn(Cc2cc(Br)cc(C(F)(F)F)c2)nn1. The van der Waals surface area contributed by atoms with Gasteiger partial charge < -0.3 is 0 Å². The second-order valence-electron chi connectivity index (χ2n) is 3.76. The van der Waals surface area contributed by atoms with E-state index < -0.39 is 11.7 Å². The Kier molecular flexibility index (Phi) is 3.57. The first-order chi connectivity index (χ1) is 8.88. The number of aromatic nitrogens is 3. The lowest BCUT2D eigenvalue weighted by atomic mass is 10.1. The molecule has 0 fully saturated rings. The summed E-state index contributed by atoms with van der Waals surface area (Å²) < 4.78 is 39.6. The summed E-state index contributed by atoms with van der Waals surface area (Å²) in [6, 6.07) is 5.40. The van der Waals surface area contributed by atoms with Gasteiger partial charge in [-0.2, -0.15) is 18.4 Å². The predicted molar refractivity (Wildman–Crippen MR) is 63.0 cm³/mol. The van der Waals surface area contributed by atoms with Crippen LogP contribution in [0.15, 0.2) is 28.9 Å². The summed E-state index contributed by atoms with van der Waals surface area (Å²) in [7, 11) is 0. The van der Waals surface area contributed by atoms with Gasteiger partial charge in [0.1, 0.15) is 6.07 Å². The van der Waals surface area contributed by atoms with Crippen LogP contribution in [0.5, 0.6) is 0 Å². The summed E-state index contributed by atoms with van der Waals surface area (Å²) in [5.74, 6) is 0. The highest BCUT2D eigenvalue weighted by Crippen LogP contribution is 2.32. The molecule has 0 saturated heterocycles. The van der Waals surface area contributed by atoms with E-state index in [1.807, 2.05) is 0 Å². The van der Waals surface area contributed by atoms with Crippen LogP contribution in [0.25, 0.3) is 0 Å². The highest BCUT2D eigenvalue weighted by Gasteiger charge is 2.31. The number of benzene rings is 1. The molecule has 4 nitrogen and oxygen atoms in total. The molecule has 19 heavy (non-hydrogen) atoms. The number of halogens is 4. The Morgan fingerprint density at radius 1 is 1.32 bits per heavy atom. The monoisotopic (exact) mass is 330 g/mol. The first kappa shape index (κ1) is 13.5. The molecular weight excluding hydrogens is 325 g/mol. The molecule has 0 spiro atoms. The highest BCUT2D eigenvalue weighted by molar-refractivity contribution is 9.10. The number of nitriles is 1. The second-order valence-corrected chi connectivity index (χ2v) is 4.67. The molecule has 1 aromatic carbocycles. The number of hydrogen-bond acceptors (Lipinski definition) is 3. The third-order valence-electron chi connectivity index (χ3n) is 2.28. The van der Waals surface area contributed by atoms with E-state index in [0.29, 0.717) is 10.0 Å². The topological polar surface area (TPSA) is 54.5 Å². The molecule has 0 aliphatic carbocycles. The molecule has 1 aromatic heterocycles. The van der Waals surface area contributed by atoms with E-state index in [-0.39, 0.29) is 12.2 Å². The quantitative estimate of drug-likeness (QED) is 0.850. The molecule has 98 valence electrons. The zero-order valence-corrected chi connectivity index (χ0v) is 10.9. The van der Waals surface area contributed by atoms with Crippen molar-refractivity contribution in [2.24, 2.45) is 0 Å². The van der Waals surface area contributed by atoms with Gasteiger partial charge in [-0.15, -0.1) is 5.10 Å². The fourth-order valence-corrected chi connectivity index (χ4v) is 2.06. The minimum absolute atomic E-state index is 0.108. The van der Waals surface area contributed by atoms with Crippen LogP contribution in [0.2, 0.25) is 0 Å². The summed E-state index contributed by atoms with van der Waals surface area (Å²) in [5.41, 5.74) is -0.209. The Labute approximate surface area is 114 Å². The predicted octanol–water partition coefficient (Wildman–Crippen LogP) is 2.98. The van der Waals surface area contributed by atoms with Crippen molar-refractivity contribution in [1.29, 1.82) is 5.26 Å². The summed E-state index contributed by atoms with van der Waals surface area (Å²) in [6.45, 7) is 0.108. The average molecular weight is 331 g/mol. The van der Waals surface area contributed by atoms with Crippen molar-refractivity contribution in [3.8, 4) is 6.07 Å². The Morgan fingerprint density at radius 2 is 2.05 bits per heavy atom. The summed E-state index contributed by atoms with van der Waals surface area (Å²) in [5, 5.41) is 15.8. The normalized spacial score (nSPS) is 11.3. The van der Waals surface area contributed by atoms with E-state index in [4.69, 9.17) is 5.26 Å². The van der Waals surface area contributed by atoms with Crippen LogP contribution in [0.4, 0.5) is 13.2 Å². The van der Waals surface area contributed by atoms with Crippen LogP contribution in [0.3, 0.4) is 0 Å². The first-order valence-corrected chi connectivity index (χ1v) is 5.84. The van der Waals surface area contributed by atoms with Gasteiger partial charge in [-0.1, -0.05) is 21.1 Å².